The summed E-state index contributed by atoms with van der Waals surface area (Å²) in [4.78, 5) is 29.1. The Hall–Kier alpha value is -3.85. The maximum absolute atomic E-state index is 13.4. The summed E-state index contributed by atoms with van der Waals surface area (Å²) < 4.78 is 27.5. The van der Waals surface area contributed by atoms with Gasteiger partial charge < -0.3 is 9.97 Å². The average molecular weight is 408 g/mol. The lowest BCUT2D eigenvalue weighted by molar-refractivity contribution is 0.0955. The number of nitrogens with one attached hydrogen (secondary N) is 3. The van der Waals surface area contributed by atoms with E-state index in [0.29, 0.717) is 16.6 Å². The van der Waals surface area contributed by atoms with Crippen LogP contribution in [0, 0.1) is 0 Å². The molecule has 4 aromatic rings. The fourth-order valence-corrected chi connectivity index (χ4v) is 4.17. The number of benzene rings is 3. The highest BCUT2D eigenvalue weighted by molar-refractivity contribution is 7.92. The number of imidazole rings is 1. The number of aromatic amines is 2. The highest BCUT2D eigenvalue weighted by Crippen LogP contribution is 2.23. The van der Waals surface area contributed by atoms with Gasteiger partial charge in [0.05, 0.1) is 21.6 Å². The molecule has 29 heavy (non-hydrogen) atoms. The van der Waals surface area contributed by atoms with Crippen molar-refractivity contribution in [2.24, 2.45) is 0 Å². The highest BCUT2D eigenvalue weighted by atomic mass is 32.2. The van der Waals surface area contributed by atoms with E-state index >= 15 is 0 Å². The zero-order valence-corrected chi connectivity index (χ0v) is 15.8. The molecule has 0 unspecified atom stereocenters. The number of rotatable bonds is 5. The first-order valence-electron chi connectivity index (χ1n) is 8.63. The molecule has 0 saturated heterocycles. The van der Waals surface area contributed by atoms with Crippen LogP contribution in [0.5, 0.6) is 0 Å². The van der Waals surface area contributed by atoms with Crippen molar-refractivity contribution in [1.82, 2.24) is 15.4 Å². The normalized spacial score (nSPS) is 11.3. The molecule has 0 aliphatic heterocycles. The second kappa shape index (κ2) is 7.28. The molecule has 0 aliphatic carbocycles. The minimum Gasteiger partial charge on any atom is -0.306 e. The van der Waals surface area contributed by atoms with Gasteiger partial charge in [-0.3, -0.25) is 4.79 Å². The number of carbonyl (C=O) groups excluding carboxylic acids is 1. The summed E-state index contributed by atoms with van der Waals surface area (Å²) in [7, 11) is -4.17. The summed E-state index contributed by atoms with van der Waals surface area (Å²) >= 11 is 0. The zero-order valence-electron chi connectivity index (χ0n) is 15.0. The van der Waals surface area contributed by atoms with Crippen LogP contribution in [-0.2, 0) is 10.0 Å². The number of anilines is 1. The van der Waals surface area contributed by atoms with Gasteiger partial charge in [0.15, 0.2) is 0 Å². The molecule has 0 atom stereocenters. The van der Waals surface area contributed by atoms with E-state index in [4.69, 9.17) is 0 Å². The molecule has 0 bridgehead atoms. The first-order chi connectivity index (χ1) is 13.9. The van der Waals surface area contributed by atoms with Gasteiger partial charge in [-0.2, -0.15) is 12.8 Å². The summed E-state index contributed by atoms with van der Waals surface area (Å²) in [6.45, 7) is 0. The van der Waals surface area contributed by atoms with Crippen molar-refractivity contribution in [2.75, 3.05) is 4.41 Å². The van der Waals surface area contributed by atoms with Crippen LogP contribution in [0.1, 0.15) is 10.4 Å². The molecular weight excluding hydrogens is 392 g/mol. The Morgan fingerprint density at radius 1 is 0.828 bits per heavy atom. The Morgan fingerprint density at radius 2 is 1.45 bits per heavy atom. The quantitative estimate of drug-likeness (QED) is 0.440. The molecule has 0 radical (unpaired) electrons. The van der Waals surface area contributed by atoms with Gasteiger partial charge in [0.1, 0.15) is 0 Å². The lowest BCUT2D eigenvalue weighted by Gasteiger charge is -2.25. The van der Waals surface area contributed by atoms with Crippen molar-refractivity contribution >= 4 is 32.7 Å². The highest BCUT2D eigenvalue weighted by Gasteiger charge is 2.27. The van der Waals surface area contributed by atoms with E-state index in [1.54, 1.807) is 60.7 Å². The molecule has 1 heterocycles. The molecule has 1 amide bonds. The van der Waals surface area contributed by atoms with E-state index in [2.05, 4.69) is 15.4 Å². The van der Waals surface area contributed by atoms with Crippen LogP contribution in [0.25, 0.3) is 11.0 Å². The number of carbonyl (C=O) groups is 1. The Labute approximate surface area is 165 Å². The van der Waals surface area contributed by atoms with E-state index in [9.17, 15) is 18.0 Å². The summed E-state index contributed by atoms with van der Waals surface area (Å²) in [5, 5.41) is 0. The molecule has 4 rings (SSSR count). The topological polar surface area (TPSA) is 115 Å². The number of hydrogen-bond donors (Lipinski definition) is 3. The van der Waals surface area contributed by atoms with Crippen molar-refractivity contribution in [3.8, 4) is 0 Å². The number of sulfonamides is 1. The average Bonchev–Trinajstić information content (AvgIpc) is 3.12. The molecule has 1 aromatic heterocycles. The predicted molar refractivity (Wildman–Crippen MR) is 109 cm³/mol. The number of hydrazine groups is 1. The molecule has 0 spiro atoms. The Kier molecular flexibility index (Phi) is 4.65. The Morgan fingerprint density at radius 3 is 2.14 bits per heavy atom. The minimum absolute atomic E-state index is 0.0857. The molecule has 0 saturated carbocycles. The first-order valence-corrected chi connectivity index (χ1v) is 10.1. The number of nitrogens with zero attached hydrogens (tertiary/aromatic N) is 1. The van der Waals surface area contributed by atoms with E-state index in [1.165, 1.54) is 18.2 Å². The van der Waals surface area contributed by atoms with Crippen LogP contribution in [0.15, 0.2) is 88.6 Å². The number of fused-ring (bicyclic) bond motifs is 1. The third kappa shape index (κ3) is 3.63. The number of H-pyrrole nitrogens is 2. The second-order valence-corrected chi connectivity index (χ2v) is 7.99. The van der Waals surface area contributed by atoms with Gasteiger partial charge in [0.25, 0.3) is 15.9 Å². The lowest BCUT2D eigenvalue weighted by atomic mass is 10.2. The van der Waals surface area contributed by atoms with E-state index in [-0.39, 0.29) is 10.6 Å². The number of hydrogen-bond acceptors (Lipinski definition) is 4. The molecule has 3 aromatic carbocycles. The molecule has 0 aliphatic rings. The zero-order chi connectivity index (χ0) is 20.4. The summed E-state index contributed by atoms with van der Waals surface area (Å²) in [6.07, 6.45) is 0. The summed E-state index contributed by atoms with van der Waals surface area (Å²) in [5.74, 6) is -0.575. The first kappa shape index (κ1) is 18.5. The molecular formula is C20H16N4O4S. The number of para-hydroxylation sites is 1. The standard InChI is InChI=1S/C20H16N4O4S/c25-19(14-7-3-1-4-8-14)23-24(15-9-5-2-6-10-15)29(27,28)16-11-12-17-18(13-16)22-20(26)21-17/h1-13H,(H,23,25)(H2,21,22,26). The fourth-order valence-electron chi connectivity index (χ4n) is 2.85. The van der Waals surface area contributed by atoms with Gasteiger partial charge in [-0.25, -0.2) is 10.2 Å². The van der Waals surface area contributed by atoms with Crippen molar-refractivity contribution in [3.05, 3.63) is 94.9 Å². The molecule has 0 fully saturated rings. The van der Waals surface area contributed by atoms with Gasteiger partial charge in [-0.1, -0.05) is 36.4 Å². The lowest BCUT2D eigenvalue weighted by Crippen LogP contribution is -2.46. The minimum atomic E-state index is -4.17. The number of amides is 1. The second-order valence-electron chi connectivity index (χ2n) is 6.20. The molecule has 3 N–H and O–H groups in total. The Bertz CT molecular complexity index is 1330. The van der Waals surface area contributed by atoms with E-state index in [0.717, 1.165) is 4.41 Å². The van der Waals surface area contributed by atoms with E-state index in [1.807, 2.05) is 0 Å². The fraction of sp³-hybridized carbons (Fsp3) is 0. The van der Waals surface area contributed by atoms with Crippen LogP contribution in [-0.4, -0.2) is 24.3 Å². The Balaban J connectivity index is 1.78. The largest absolute Gasteiger partial charge is 0.323 e. The van der Waals surface area contributed by atoms with Crippen molar-refractivity contribution in [3.63, 3.8) is 0 Å². The third-order valence-electron chi connectivity index (χ3n) is 4.26. The van der Waals surface area contributed by atoms with Gasteiger partial charge in [-0.15, -0.1) is 0 Å². The molecule has 8 nitrogen and oxygen atoms in total. The van der Waals surface area contributed by atoms with Crippen LogP contribution in [0.2, 0.25) is 0 Å². The predicted octanol–water partition coefficient (Wildman–Crippen LogP) is 2.40. The maximum Gasteiger partial charge on any atom is 0.323 e. The van der Waals surface area contributed by atoms with Crippen LogP contribution < -0.4 is 15.5 Å². The van der Waals surface area contributed by atoms with Crippen molar-refractivity contribution < 1.29 is 13.2 Å². The van der Waals surface area contributed by atoms with Gasteiger partial charge >= 0.3 is 5.69 Å². The van der Waals surface area contributed by atoms with Crippen LogP contribution in [0.3, 0.4) is 0 Å². The smallest absolute Gasteiger partial charge is 0.306 e. The van der Waals surface area contributed by atoms with Gasteiger partial charge in [-0.05, 0) is 42.5 Å². The van der Waals surface area contributed by atoms with Crippen molar-refractivity contribution in [1.29, 1.82) is 0 Å². The SMILES string of the molecule is O=C(NN(c1ccccc1)S(=O)(=O)c1ccc2[nH]c(=O)[nH]c2c1)c1ccccc1. The van der Waals surface area contributed by atoms with Gasteiger partial charge in [0.2, 0.25) is 0 Å². The summed E-state index contributed by atoms with van der Waals surface area (Å²) in [5.41, 5.74) is 3.43. The summed E-state index contributed by atoms with van der Waals surface area (Å²) in [6, 6.07) is 20.7. The third-order valence-corrected chi connectivity index (χ3v) is 5.89. The van der Waals surface area contributed by atoms with Gasteiger partial charge in [0, 0.05) is 5.56 Å². The van der Waals surface area contributed by atoms with E-state index < -0.39 is 21.6 Å². The van der Waals surface area contributed by atoms with Crippen LogP contribution in [0.4, 0.5) is 5.69 Å². The number of aromatic nitrogens is 2. The maximum atomic E-state index is 13.4. The van der Waals surface area contributed by atoms with Crippen molar-refractivity contribution in [2.45, 2.75) is 4.90 Å². The molecule has 9 heteroatoms. The van der Waals surface area contributed by atoms with Crippen LogP contribution >= 0.6 is 0 Å². The monoisotopic (exact) mass is 408 g/mol. The molecule has 146 valence electrons.